The first kappa shape index (κ1) is 15.7. The van der Waals surface area contributed by atoms with E-state index in [4.69, 9.17) is 4.74 Å². The van der Waals surface area contributed by atoms with Crippen molar-refractivity contribution < 1.29 is 14.6 Å². The fourth-order valence-electron chi connectivity index (χ4n) is 2.24. The first-order chi connectivity index (χ1) is 8.77. The van der Waals surface area contributed by atoms with Crippen molar-refractivity contribution in [3.8, 4) is 0 Å². The van der Waals surface area contributed by atoms with Crippen molar-refractivity contribution in [2.75, 3.05) is 6.61 Å². The van der Waals surface area contributed by atoms with Gasteiger partial charge in [-0.05, 0) is 31.2 Å². The number of ether oxygens (including phenoxy) is 1. The van der Waals surface area contributed by atoms with Crippen molar-refractivity contribution in [2.45, 2.75) is 40.7 Å². The zero-order valence-corrected chi connectivity index (χ0v) is 12.3. The van der Waals surface area contributed by atoms with Crippen LogP contribution < -0.4 is 0 Å². The summed E-state index contributed by atoms with van der Waals surface area (Å²) in [6.45, 7) is 7.96. The highest BCUT2D eigenvalue weighted by molar-refractivity contribution is 5.76. The lowest BCUT2D eigenvalue weighted by atomic mass is 9.75. The van der Waals surface area contributed by atoms with E-state index in [2.05, 4.69) is 0 Å². The number of hydrogen-bond donors (Lipinski definition) is 1. The van der Waals surface area contributed by atoms with E-state index in [0.717, 1.165) is 5.56 Å². The molecule has 0 heterocycles. The normalized spacial score (nSPS) is 12.3. The van der Waals surface area contributed by atoms with Gasteiger partial charge in [-0.2, -0.15) is 0 Å². The molecule has 1 rings (SSSR count). The SMILES string of the molecule is CC(C)(CO)CC(C)(C)C(=O)OCc1ccccc1. The molecule has 19 heavy (non-hydrogen) atoms. The van der Waals surface area contributed by atoms with Crippen molar-refractivity contribution >= 4 is 5.97 Å². The minimum Gasteiger partial charge on any atom is -0.460 e. The van der Waals surface area contributed by atoms with Crippen LogP contribution in [0, 0.1) is 10.8 Å². The summed E-state index contributed by atoms with van der Waals surface area (Å²) in [7, 11) is 0. The van der Waals surface area contributed by atoms with Gasteiger partial charge in [0.1, 0.15) is 6.61 Å². The lowest BCUT2D eigenvalue weighted by Gasteiger charge is -2.31. The van der Waals surface area contributed by atoms with Crippen LogP contribution in [-0.4, -0.2) is 17.7 Å². The molecule has 0 amide bonds. The van der Waals surface area contributed by atoms with Crippen LogP contribution in [0.1, 0.15) is 39.7 Å². The van der Waals surface area contributed by atoms with E-state index in [-0.39, 0.29) is 18.0 Å². The number of aliphatic hydroxyl groups is 1. The molecule has 1 aromatic rings. The number of carbonyl (C=O) groups is 1. The third-order valence-corrected chi connectivity index (χ3v) is 3.11. The van der Waals surface area contributed by atoms with Crippen molar-refractivity contribution in [2.24, 2.45) is 10.8 Å². The summed E-state index contributed by atoms with van der Waals surface area (Å²) >= 11 is 0. The van der Waals surface area contributed by atoms with Gasteiger partial charge in [-0.25, -0.2) is 0 Å². The van der Waals surface area contributed by atoms with E-state index in [1.807, 2.05) is 58.0 Å². The van der Waals surface area contributed by atoms with Gasteiger partial charge < -0.3 is 9.84 Å². The van der Waals surface area contributed by atoms with Crippen molar-refractivity contribution in [1.82, 2.24) is 0 Å². The second-order valence-corrected chi connectivity index (χ2v) is 6.44. The van der Waals surface area contributed by atoms with Gasteiger partial charge in [-0.1, -0.05) is 44.2 Å². The molecule has 0 fully saturated rings. The molecular weight excluding hydrogens is 240 g/mol. The van der Waals surface area contributed by atoms with Crippen LogP contribution in [0.15, 0.2) is 30.3 Å². The van der Waals surface area contributed by atoms with Crippen LogP contribution in [-0.2, 0) is 16.1 Å². The second-order valence-electron chi connectivity index (χ2n) is 6.44. The predicted octanol–water partition coefficient (Wildman–Crippen LogP) is 3.16. The molecule has 0 radical (unpaired) electrons. The van der Waals surface area contributed by atoms with Gasteiger partial charge in [0.25, 0.3) is 0 Å². The van der Waals surface area contributed by atoms with Crippen LogP contribution in [0.3, 0.4) is 0 Å². The maximum absolute atomic E-state index is 12.1. The van der Waals surface area contributed by atoms with Crippen molar-refractivity contribution in [3.05, 3.63) is 35.9 Å². The Balaban J connectivity index is 2.57. The summed E-state index contributed by atoms with van der Waals surface area (Å²) in [5.74, 6) is -0.224. The Labute approximate surface area is 115 Å². The van der Waals surface area contributed by atoms with E-state index in [1.165, 1.54) is 0 Å². The molecule has 106 valence electrons. The standard InChI is InChI=1S/C16H24O3/c1-15(2,12-17)11-16(3,4)14(18)19-10-13-8-6-5-7-9-13/h5-9,17H,10-12H2,1-4H3. The number of aliphatic hydroxyl groups excluding tert-OH is 1. The Hall–Kier alpha value is -1.35. The highest BCUT2D eigenvalue weighted by atomic mass is 16.5. The molecule has 0 aliphatic carbocycles. The first-order valence-corrected chi connectivity index (χ1v) is 6.59. The molecule has 0 unspecified atom stereocenters. The molecule has 0 saturated carbocycles. The molecule has 0 aliphatic rings. The monoisotopic (exact) mass is 264 g/mol. The van der Waals surface area contributed by atoms with E-state index in [9.17, 15) is 9.90 Å². The average molecular weight is 264 g/mol. The molecule has 1 N–H and O–H groups in total. The van der Waals surface area contributed by atoms with Gasteiger partial charge in [-0.15, -0.1) is 0 Å². The predicted molar refractivity (Wildman–Crippen MR) is 75.5 cm³/mol. The lowest BCUT2D eigenvalue weighted by molar-refractivity contribution is -0.157. The molecule has 3 nitrogen and oxygen atoms in total. The number of esters is 1. The molecule has 3 heteroatoms. The number of hydrogen-bond acceptors (Lipinski definition) is 3. The smallest absolute Gasteiger partial charge is 0.311 e. The zero-order chi connectivity index (χ0) is 14.5. The fourth-order valence-corrected chi connectivity index (χ4v) is 2.24. The molecule has 0 spiro atoms. The number of benzene rings is 1. The van der Waals surface area contributed by atoms with Crippen molar-refractivity contribution in [1.29, 1.82) is 0 Å². The maximum Gasteiger partial charge on any atom is 0.311 e. The zero-order valence-electron chi connectivity index (χ0n) is 12.3. The van der Waals surface area contributed by atoms with E-state index in [0.29, 0.717) is 13.0 Å². The Bertz CT molecular complexity index is 407. The van der Waals surface area contributed by atoms with Crippen LogP contribution in [0.2, 0.25) is 0 Å². The second kappa shape index (κ2) is 6.20. The summed E-state index contributed by atoms with van der Waals surface area (Å²) < 4.78 is 5.36. The average Bonchev–Trinajstić information content (AvgIpc) is 2.36. The first-order valence-electron chi connectivity index (χ1n) is 6.59. The van der Waals surface area contributed by atoms with Crippen LogP contribution >= 0.6 is 0 Å². The quantitative estimate of drug-likeness (QED) is 0.803. The Kier molecular flexibility index (Phi) is 5.12. The molecule has 1 aromatic carbocycles. The van der Waals surface area contributed by atoms with Gasteiger partial charge in [0, 0.05) is 6.61 Å². The Morgan fingerprint density at radius 1 is 1.16 bits per heavy atom. The molecule has 0 aromatic heterocycles. The highest BCUT2D eigenvalue weighted by Gasteiger charge is 2.35. The summed E-state index contributed by atoms with van der Waals surface area (Å²) in [5.41, 5.74) is 0.101. The van der Waals surface area contributed by atoms with E-state index >= 15 is 0 Å². The topological polar surface area (TPSA) is 46.5 Å². The Morgan fingerprint density at radius 2 is 1.74 bits per heavy atom. The summed E-state index contributed by atoms with van der Waals surface area (Å²) in [6, 6.07) is 9.63. The van der Waals surface area contributed by atoms with E-state index < -0.39 is 5.41 Å². The van der Waals surface area contributed by atoms with Gasteiger partial charge in [0.15, 0.2) is 0 Å². The third kappa shape index (κ3) is 5.03. The Morgan fingerprint density at radius 3 is 2.26 bits per heavy atom. The van der Waals surface area contributed by atoms with Crippen molar-refractivity contribution in [3.63, 3.8) is 0 Å². The van der Waals surface area contributed by atoms with Gasteiger partial charge in [0.05, 0.1) is 5.41 Å². The summed E-state index contributed by atoms with van der Waals surface area (Å²) in [6.07, 6.45) is 0.587. The number of carbonyl (C=O) groups excluding carboxylic acids is 1. The molecule has 0 saturated heterocycles. The minimum absolute atomic E-state index is 0.0579. The van der Waals surface area contributed by atoms with E-state index in [1.54, 1.807) is 0 Å². The number of rotatable bonds is 6. The van der Waals surface area contributed by atoms with Crippen LogP contribution in [0.25, 0.3) is 0 Å². The largest absolute Gasteiger partial charge is 0.460 e. The summed E-state index contributed by atoms with van der Waals surface area (Å²) in [4.78, 5) is 12.1. The van der Waals surface area contributed by atoms with Crippen LogP contribution in [0.4, 0.5) is 0 Å². The molecular formula is C16H24O3. The van der Waals surface area contributed by atoms with Gasteiger partial charge in [-0.3, -0.25) is 4.79 Å². The molecule has 0 bridgehead atoms. The van der Waals surface area contributed by atoms with Crippen LogP contribution in [0.5, 0.6) is 0 Å². The maximum atomic E-state index is 12.1. The lowest BCUT2D eigenvalue weighted by Crippen LogP contribution is -2.33. The highest BCUT2D eigenvalue weighted by Crippen LogP contribution is 2.34. The van der Waals surface area contributed by atoms with Gasteiger partial charge >= 0.3 is 5.97 Å². The fraction of sp³-hybridized carbons (Fsp3) is 0.562. The minimum atomic E-state index is -0.596. The molecule has 0 atom stereocenters. The summed E-state index contributed by atoms with van der Waals surface area (Å²) in [5, 5.41) is 9.29. The molecule has 0 aliphatic heterocycles. The third-order valence-electron chi connectivity index (χ3n) is 3.11. The van der Waals surface area contributed by atoms with Gasteiger partial charge in [0.2, 0.25) is 0 Å².